The van der Waals surface area contributed by atoms with E-state index in [0.717, 1.165) is 11.3 Å². The zero-order valence-corrected chi connectivity index (χ0v) is 9.93. The molecule has 0 amide bonds. The fourth-order valence-corrected chi connectivity index (χ4v) is 1.79. The van der Waals surface area contributed by atoms with Crippen molar-refractivity contribution in [3.63, 3.8) is 0 Å². The Bertz CT molecular complexity index is 443. The van der Waals surface area contributed by atoms with Gasteiger partial charge in [-0.05, 0) is 24.8 Å². The van der Waals surface area contributed by atoms with E-state index in [2.05, 4.69) is 5.32 Å². The SMILES string of the molecule is CCOC(=O)C(C#N)=CNc1cscc1C. The summed E-state index contributed by atoms with van der Waals surface area (Å²) in [5, 5.41) is 15.6. The Hall–Kier alpha value is -1.80. The van der Waals surface area contributed by atoms with Crippen LogP contribution in [0.5, 0.6) is 0 Å². The van der Waals surface area contributed by atoms with Crippen LogP contribution in [0.25, 0.3) is 0 Å². The molecule has 16 heavy (non-hydrogen) atoms. The highest BCUT2D eigenvalue weighted by atomic mass is 32.1. The van der Waals surface area contributed by atoms with E-state index in [4.69, 9.17) is 10.00 Å². The normalized spacial score (nSPS) is 10.7. The summed E-state index contributed by atoms with van der Waals surface area (Å²) in [4.78, 5) is 11.3. The first-order chi connectivity index (χ1) is 7.69. The number of hydrogen-bond acceptors (Lipinski definition) is 5. The first kappa shape index (κ1) is 12.3. The van der Waals surface area contributed by atoms with Crippen molar-refractivity contribution in [2.75, 3.05) is 11.9 Å². The molecule has 0 aliphatic rings. The maximum atomic E-state index is 11.3. The Labute approximate surface area is 98.2 Å². The minimum absolute atomic E-state index is 0.0348. The lowest BCUT2D eigenvalue weighted by Crippen LogP contribution is -2.07. The molecule has 0 atom stereocenters. The summed E-state index contributed by atoms with van der Waals surface area (Å²) < 4.78 is 4.73. The average molecular weight is 236 g/mol. The van der Waals surface area contributed by atoms with Crippen molar-refractivity contribution in [1.82, 2.24) is 0 Å². The van der Waals surface area contributed by atoms with Gasteiger partial charge in [-0.25, -0.2) is 4.79 Å². The lowest BCUT2D eigenvalue weighted by Gasteiger charge is -2.01. The highest BCUT2D eigenvalue weighted by Gasteiger charge is 2.09. The molecule has 0 aliphatic heterocycles. The molecule has 0 bridgehead atoms. The highest BCUT2D eigenvalue weighted by molar-refractivity contribution is 7.08. The minimum atomic E-state index is -0.606. The Kier molecular flexibility index (Phi) is 4.55. The molecule has 0 fully saturated rings. The molecule has 1 N–H and O–H groups in total. The molecule has 1 aromatic rings. The quantitative estimate of drug-likeness (QED) is 0.495. The number of esters is 1. The number of carbonyl (C=O) groups excluding carboxylic acids is 1. The maximum absolute atomic E-state index is 11.3. The highest BCUT2D eigenvalue weighted by Crippen LogP contribution is 2.19. The van der Waals surface area contributed by atoms with E-state index < -0.39 is 5.97 Å². The van der Waals surface area contributed by atoms with Gasteiger partial charge in [0.2, 0.25) is 0 Å². The van der Waals surface area contributed by atoms with Crippen molar-refractivity contribution >= 4 is 23.0 Å². The number of thiophene rings is 1. The van der Waals surface area contributed by atoms with Gasteiger partial charge in [-0.2, -0.15) is 5.26 Å². The van der Waals surface area contributed by atoms with E-state index in [9.17, 15) is 4.79 Å². The summed E-state index contributed by atoms with van der Waals surface area (Å²) in [7, 11) is 0. The van der Waals surface area contributed by atoms with Gasteiger partial charge >= 0.3 is 5.97 Å². The van der Waals surface area contributed by atoms with Crippen LogP contribution >= 0.6 is 11.3 Å². The van der Waals surface area contributed by atoms with Gasteiger partial charge in [0.05, 0.1) is 12.3 Å². The molecule has 0 aliphatic carbocycles. The fraction of sp³-hybridized carbons (Fsp3) is 0.273. The van der Waals surface area contributed by atoms with E-state index in [-0.39, 0.29) is 12.2 Å². The maximum Gasteiger partial charge on any atom is 0.350 e. The molecule has 4 nitrogen and oxygen atoms in total. The van der Waals surface area contributed by atoms with Gasteiger partial charge in [0.1, 0.15) is 6.07 Å². The molecule has 0 unspecified atom stereocenters. The number of hydrogen-bond donors (Lipinski definition) is 1. The van der Waals surface area contributed by atoms with Crippen LogP contribution in [0.3, 0.4) is 0 Å². The van der Waals surface area contributed by atoms with Crippen LogP contribution < -0.4 is 5.32 Å². The third kappa shape index (κ3) is 3.11. The molecule has 84 valence electrons. The average Bonchev–Trinajstić information content (AvgIpc) is 2.66. The predicted octanol–water partition coefficient (Wildman–Crippen LogP) is 2.44. The number of rotatable bonds is 4. The zero-order valence-electron chi connectivity index (χ0n) is 9.11. The lowest BCUT2D eigenvalue weighted by molar-refractivity contribution is -0.138. The van der Waals surface area contributed by atoms with Crippen molar-refractivity contribution in [2.45, 2.75) is 13.8 Å². The number of anilines is 1. The van der Waals surface area contributed by atoms with E-state index in [1.165, 1.54) is 6.20 Å². The summed E-state index contributed by atoms with van der Waals surface area (Å²) in [5.74, 6) is -0.606. The van der Waals surface area contributed by atoms with Crippen molar-refractivity contribution in [3.8, 4) is 6.07 Å². The van der Waals surface area contributed by atoms with Crippen molar-refractivity contribution in [2.24, 2.45) is 0 Å². The summed E-state index contributed by atoms with van der Waals surface area (Å²) in [6.07, 6.45) is 1.37. The van der Waals surface area contributed by atoms with Gasteiger partial charge in [0, 0.05) is 11.6 Å². The largest absolute Gasteiger partial charge is 0.462 e. The fourth-order valence-electron chi connectivity index (χ4n) is 1.00. The topological polar surface area (TPSA) is 62.1 Å². The van der Waals surface area contributed by atoms with Crippen molar-refractivity contribution < 1.29 is 9.53 Å². The number of nitriles is 1. The zero-order chi connectivity index (χ0) is 12.0. The van der Waals surface area contributed by atoms with Crippen LogP contribution in [-0.4, -0.2) is 12.6 Å². The van der Waals surface area contributed by atoms with Crippen LogP contribution in [0.2, 0.25) is 0 Å². The second-order valence-electron chi connectivity index (χ2n) is 3.00. The van der Waals surface area contributed by atoms with Gasteiger partial charge in [-0.1, -0.05) is 0 Å². The van der Waals surface area contributed by atoms with E-state index >= 15 is 0 Å². The first-order valence-corrected chi connectivity index (χ1v) is 5.70. The third-order valence-corrected chi connectivity index (χ3v) is 2.70. The standard InChI is InChI=1S/C11H12N2O2S/c1-3-15-11(14)9(4-12)5-13-10-7-16-6-8(10)2/h5-7,13H,3H2,1-2H3. The number of carbonyl (C=O) groups is 1. The van der Waals surface area contributed by atoms with Crippen molar-refractivity contribution in [3.05, 3.63) is 28.1 Å². The summed E-state index contributed by atoms with van der Waals surface area (Å²) >= 11 is 1.55. The van der Waals surface area contributed by atoms with Crippen LogP contribution in [0.15, 0.2) is 22.5 Å². The van der Waals surface area contributed by atoms with Gasteiger partial charge in [-0.15, -0.1) is 11.3 Å². The summed E-state index contributed by atoms with van der Waals surface area (Å²) in [5.41, 5.74) is 1.93. The van der Waals surface area contributed by atoms with Gasteiger partial charge in [-0.3, -0.25) is 0 Å². The second-order valence-corrected chi connectivity index (χ2v) is 3.75. The van der Waals surface area contributed by atoms with Crippen LogP contribution in [0.4, 0.5) is 5.69 Å². The van der Waals surface area contributed by atoms with E-state index in [1.54, 1.807) is 24.3 Å². The molecule has 0 radical (unpaired) electrons. The molecule has 5 heteroatoms. The smallest absolute Gasteiger partial charge is 0.350 e. The third-order valence-electron chi connectivity index (χ3n) is 1.84. The van der Waals surface area contributed by atoms with Crippen molar-refractivity contribution in [1.29, 1.82) is 5.26 Å². The number of aryl methyl sites for hydroxylation is 1. The van der Waals surface area contributed by atoms with Crippen LogP contribution in [-0.2, 0) is 9.53 Å². The summed E-state index contributed by atoms with van der Waals surface area (Å²) in [6.45, 7) is 3.90. The number of nitrogens with one attached hydrogen (secondary N) is 1. The second kappa shape index (κ2) is 5.93. The Morgan fingerprint density at radius 1 is 1.69 bits per heavy atom. The molecule has 0 saturated heterocycles. The van der Waals surface area contributed by atoms with Gasteiger partial charge < -0.3 is 10.1 Å². The predicted molar refractivity (Wildman–Crippen MR) is 63.0 cm³/mol. The molecule has 1 aromatic heterocycles. The lowest BCUT2D eigenvalue weighted by atomic mass is 10.3. The number of nitrogens with zero attached hydrogens (tertiary/aromatic N) is 1. The first-order valence-electron chi connectivity index (χ1n) is 4.75. The summed E-state index contributed by atoms with van der Waals surface area (Å²) in [6, 6.07) is 1.80. The molecule has 1 rings (SSSR count). The van der Waals surface area contributed by atoms with E-state index in [0.29, 0.717) is 0 Å². The van der Waals surface area contributed by atoms with Gasteiger partial charge in [0.25, 0.3) is 0 Å². The van der Waals surface area contributed by atoms with E-state index in [1.807, 2.05) is 17.7 Å². The molecule has 0 aromatic carbocycles. The molecule has 0 spiro atoms. The molecular weight excluding hydrogens is 224 g/mol. The molecular formula is C11H12N2O2S. The minimum Gasteiger partial charge on any atom is -0.462 e. The Morgan fingerprint density at radius 3 is 2.94 bits per heavy atom. The number of ether oxygens (including phenoxy) is 1. The monoisotopic (exact) mass is 236 g/mol. The Morgan fingerprint density at radius 2 is 2.44 bits per heavy atom. The van der Waals surface area contributed by atoms with Crippen LogP contribution in [0.1, 0.15) is 12.5 Å². The Balaban J connectivity index is 2.72. The molecule has 1 heterocycles. The van der Waals surface area contributed by atoms with Crippen LogP contribution in [0, 0.1) is 18.3 Å². The molecule has 0 saturated carbocycles. The van der Waals surface area contributed by atoms with Gasteiger partial charge in [0.15, 0.2) is 5.57 Å².